The molecule has 0 saturated carbocycles. The van der Waals surface area contributed by atoms with Crippen molar-refractivity contribution in [3.8, 4) is 22.8 Å². The number of ether oxygens (including phenoxy) is 2. The number of fused-ring (bicyclic) bond motifs is 1. The fourth-order valence-electron chi connectivity index (χ4n) is 4.85. The zero-order valence-electron chi connectivity index (χ0n) is 22.6. The Morgan fingerprint density at radius 3 is 2.70 bits per heavy atom. The molecule has 3 aromatic heterocycles. The van der Waals surface area contributed by atoms with Crippen molar-refractivity contribution in [3.63, 3.8) is 0 Å². The minimum absolute atomic E-state index is 0.0528. The molecule has 0 aromatic carbocycles. The first-order valence-electron chi connectivity index (χ1n) is 12.9. The Morgan fingerprint density at radius 2 is 2.03 bits per heavy atom. The molecule has 4 rings (SSSR count). The van der Waals surface area contributed by atoms with Crippen LogP contribution < -0.4 is 4.74 Å². The molecule has 0 unspecified atom stereocenters. The topological polar surface area (TPSA) is 87.3 Å². The molecule has 0 saturated heterocycles. The number of aromatic nitrogens is 5. The summed E-state index contributed by atoms with van der Waals surface area (Å²) in [5.74, 6) is -0.441. The third-order valence-electron chi connectivity index (χ3n) is 7.01. The largest absolute Gasteiger partial charge is 0.479 e. The van der Waals surface area contributed by atoms with Crippen molar-refractivity contribution in [2.45, 2.75) is 71.9 Å². The van der Waals surface area contributed by atoms with E-state index in [1.165, 1.54) is 13.2 Å². The standard InChI is InChI=1S/C27H37FN6O3/c1-7-32(18(2)3)24(35)8-11-27(4,5)33-17-19(15-30-33)25-21-9-12-37-13-10-23(21)34(31-25)20-14-22(28)26(36-6)29-16-20/h14-18H,7-13H2,1-6H3. The lowest BCUT2D eigenvalue weighted by Gasteiger charge is -2.29. The van der Waals surface area contributed by atoms with Crippen LogP contribution in [0, 0.1) is 5.82 Å². The second-order valence-corrected chi connectivity index (χ2v) is 10.2. The third kappa shape index (κ3) is 5.53. The Balaban J connectivity index is 1.63. The van der Waals surface area contributed by atoms with Crippen molar-refractivity contribution >= 4 is 5.91 Å². The predicted molar refractivity (Wildman–Crippen MR) is 138 cm³/mol. The lowest BCUT2D eigenvalue weighted by atomic mass is 9.98. The number of pyridine rings is 1. The average Bonchev–Trinajstić information content (AvgIpc) is 3.42. The first-order chi connectivity index (χ1) is 17.7. The number of carbonyl (C=O) groups is 1. The Morgan fingerprint density at radius 1 is 1.27 bits per heavy atom. The quantitative estimate of drug-likeness (QED) is 0.428. The molecule has 0 spiro atoms. The highest BCUT2D eigenvalue weighted by molar-refractivity contribution is 5.76. The van der Waals surface area contributed by atoms with E-state index in [9.17, 15) is 9.18 Å². The van der Waals surface area contributed by atoms with Gasteiger partial charge in [0.05, 0.1) is 55.3 Å². The molecule has 1 aliphatic rings. The van der Waals surface area contributed by atoms with Crippen molar-refractivity contribution < 1.29 is 18.7 Å². The van der Waals surface area contributed by atoms with E-state index in [0.29, 0.717) is 51.1 Å². The number of carbonyl (C=O) groups excluding carboxylic acids is 1. The highest BCUT2D eigenvalue weighted by atomic mass is 19.1. The average molecular weight is 513 g/mol. The molecule has 9 nitrogen and oxygen atoms in total. The monoisotopic (exact) mass is 512 g/mol. The zero-order chi connectivity index (χ0) is 26.7. The minimum Gasteiger partial charge on any atom is -0.479 e. The van der Waals surface area contributed by atoms with E-state index in [0.717, 1.165) is 22.5 Å². The predicted octanol–water partition coefficient (Wildman–Crippen LogP) is 4.17. The molecule has 37 heavy (non-hydrogen) atoms. The molecule has 200 valence electrons. The number of rotatable bonds is 9. The van der Waals surface area contributed by atoms with Gasteiger partial charge < -0.3 is 14.4 Å². The summed E-state index contributed by atoms with van der Waals surface area (Å²) in [6.07, 6.45) is 7.81. The lowest BCUT2D eigenvalue weighted by Crippen LogP contribution is -2.38. The first-order valence-corrected chi connectivity index (χ1v) is 12.9. The fourth-order valence-corrected chi connectivity index (χ4v) is 4.85. The van der Waals surface area contributed by atoms with Crippen LogP contribution in [-0.2, 0) is 27.9 Å². The smallest absolute Gasteiger partial charge is 0.250 e. The van der Waals surface area contributed by atoms with Crippen molar-refractivity contribution in [3.05, 3.63) is 41.7 Å². The summed E-state index contributed by atoms with van der Waals surface area (Å²) in [6.45, 7) is 12.1. The van der Waals surface area contributed by atoms with Gasteiger partial charge in [-0.1, -0.05) is 0 Å². The van der Waals surface area contributed by atoms with Crippen LogP contribution in [-0.4, -0.2) is 68.3 Å². The summed E-state index contributed by atoms with van der Waals surface area (Å²) >= 11 is 0. The molecular weight excluding hydrogens is 475 g/mol. The molecular formula is C27H37FN6O3. The van der Waals surface area contributed by atoms with E-state index >= 15 is 0 Å². The van der Waals surface area contributed by atoms with Gasteiger partial charge in [0.1, 0.15) is 0 Å². The molecule has 4 heterocycles. The maximum Gasteiger partial charge on any atom is 0.250 e. The second-order valence-electron chi connectivity index (χ2n) is 10.2. The highest BCUT2D eigenvalue weighted by Gasteiger charge is 2.27. The van der Waals surface area contributed by atoms with Crippen LogP contribution in [0.25, 0.3) is 16.9 Å². The van der Waals surface area contributed by atoms with E-state index in [-0.39, 0.29) is 23.4 Å². The Kier molecular flexibility index (Phi) is 7.96. The minimum atomic E-state index is -0.543. The van der Waals surface area contributed by atoms with Gasteiger partial charge >= 0.3 is 0 Å². The summed E-state index contributed by atoms with van der Waals surface area (Å²) in [5, 5.41) is 9.55. The van der Waals surface area contributed by atoms with Gasteiger partial charge in [-0.2, -0.15) is 10.2 Å². The van der Waals surface area contributed by atoms with Crippen LogP contribution >= 0.6 is 0 Å². The van der Waals surface area contributed by atoms with Crippen molar-refractivity contribution in [2.24, 2.45) is 0 Å². The maximum atomic E-state index is 14.5. The van der Waals surface area contributed by atoms with E-state index < -0.39 is 5.82 Å². The number of nitrogens with zero attached hydrogens (tertiary/aromatic N) is 6. The van der Waals surface area contributed by atoms with Gasteiger partial charge in [0.25, 0.3) is 0 Å². The van der Waals surface area contributed by atoms with Crippen molar-refractivity contribution in [2.75, 3.05) is 26.9 Å². The molecule has 0 aliphatic carbocycles. The Labute approximate surface area is 217 Å². The zero-order valence-corrected chi connectivity index (χ0v) is 22.6. The van der Waals surface area contributed by atoms with Gasteiger partial charge in [0.2, 0.25) is 11.8 Å². The van der Waals surface area contributed by atoms with Crippen LogP contribution in [0.4, 0.5) is 4.39 Å². The SMILES string of the molecule is CCN(C(=O)CCC(C)(C)n1cc(-c2nn(-c3cnc(OC)c(F)c3)c3c2CCOCC3)cn1)C(C)C. The van der Waals surface area contributed by atoms with Gasteiger partial charge in [0.15, 0.2) is 5.82 Å². The number of halogens is 1. The van der Waals surface area contributed by atoms with Crippen molar-refractivity contribution in [1.29, 1.82) is 0 Å². The van der Waals surface area contributed by atoms with Crippen LogP contribution in [0.5, 0.6) is 5.88 Å². The van der Waals surface area contributed by atoms with E-state index in [2.05, 4.69) is 23.9 Å². The van der Waals surface area contributed by atoms with Crippen molar-refractivity contribution in [1.82, 2.24) is 29.4 Å². The van der Waals surface area contributed by atoms with Gasteiger partial charge in [-0.15, -0.1) is 0 Å². The first kappa shape index (κ1) is 26.8. The van der Waals surface area contributed by atoms with Crippen LogP contribution in [0.15, 0.2) is 24.7 Å². The van der Waals surface area contributed by atoms with Gasteiger partial charge in [-0.3, -0.25) is 9.48 Å². The summed E-state index contributed by atoms with van der Waals surface area (Å²) in [6, 6.07) is 1.57. The summed E-state index contributed by atoms with van der Waals surface area (Å²) in [4.78, 5) is 18.7. The number of amides is 1. The lowest BCUT2D eigenvalue weighted by molar-refractivity contribution is -0.133. The van der Waals surface area contributed by atoms with E-state index in [1.807, 2.05) is 42.7 Å². The van der Waals surface area contributed by atoms with E-state index in [4.69, 9.17) is 14.6 Å². The summed E-state index contributed by atoms with van der Waals surface area (Å²) < 4.78 is 28.8. The van der Waals surface area contributed by atoms with Gasteiger partial charge in [-0.05, 0) is 47.5 Å². The normalized spacial score (nSPS) is 13.9. The molecule has 10 heteroatoms. The third-order valence-corrected chi connectivity index (χ3v) is 7.01. The molecule has 0 bridgehead atoms. The Bertz CT molecular complexity index is 1250. The summed E-state index contributed by atoms with van der Waals surface area (Å²) in [7, 11) is 1.39. The Hall–Kier alpha value is -3.27. The van der Waals surface area contributed by atoms with Crippen LogP contribution in [0.2, 0.25) is 0 Å². The number of methoxy groups -OCH3 is 1. The van der Waals surface area contributed by atoms with E-state index in [1.54, 1.807) is 10.9 Å². The van der Waals surface area contributed by atoms with Crippen LogP contribution in [0.3, 0.4) is 0 Å². The molecule has 1 aliphatic heterocycles. The van der Waals surface area contributed by atoms with Gasteiger partial charge in [-0.25, -0.2) is 14.1 Å². The summed E-state index contributed by atoms with van der Waals surface area (Å²) in [5.41, 5.74) is 3.87. The highest BCUT2D eigenvalue weighted by Crippen LogP contribution is 2.32. The second kappa shape index (κ2) is 11.0. The van der Waals surface area contributed by atoms with Gasteiger partial charge in [0, 0.05) is 48.8 Å². The molecule has 0 atom stereocenters. The number of hydrogen-bond donors (Lipinski definition) is 0. The number of hydrogen-bond acceptors (Lipinski definition) is 6. The molecule has 3 aromatic rings. The molecule has 1 amide bonds. The molecule has 0 radical (unpaired) electrons. The molecule has 0 N–H and O–H groups in total. The maximum absolute atomic E-state index is 14.5. The van der Waals surface area contributed by atoms with Crippen LogP contribution in [0.1, 0.15) is 58.7 Å². The fraction of sp³-hybridized carbons (Fsp3) is 0.556. The molecule has 0 fully saturated rings.